The molecule has 22 heavy (non-hydrogen) atoms. The largest absolute Gasteiger partial charge is 0.459 e. The summed E-state index contributed by atoms with van der Waals surface area (Å²) in [5, 5.41) is 9.56. The lowest BCUT2D eigenvalue weighted by molar-refractivity contribution is -0.181. The van der Waals surface area contributed by atoms with E-state index in [0.29, 0.717) is 12.3 Å². The van der Waals surface area contributed by atoms with Gasteiger partial charge in [-0.25, -0.2) is 0 Å². The second-order valence-electron chi connectivity index (χ2n) is 9.01. The molecule has 3 heteroatoms. The van der Waals surface area contributed by atoms with E-state index in [9.17, 15) is 9.90 Å². The van der Waals surface area contributed by atoms with Crippen molar-refractivity contribution in [3.05, 3.63) is 0 Å². The van der Waals surface area contributed by atoms with Gasteiger partial charge in [0.1, 0.15) is 5.60 Å². The van der Waals surface area contributed by atoms with Crippen molar-refractivity contribution >= 4 is 5.97 Å². The highest BCUT2D eigenvalue weighted by molar-refractivity contribution is 5.76. The molecule has 0 radical (unpaired) electrons. The highest BCUT2D eigenvalue weighted by atomic mass is 16.6. The van der Waals surface area contributed by atoms with Crippen molar-refractivity contribution in [3.63, 3.8) is 0 Å². The molecule has 0 heterocycles. The SMILES string of the molecule is CCC(C)(CO)C(=O)OC(C)(C)C1CC2CC3CC(C2)C1C3. The fourth-order valence-corrected chi connectivity index (χ4v) is 5.51. The first-order chi connectivity index (χ1) is 10.3. The van der Waals surface area contributed by atoms with Gasteiger partial charge in [-0.05, 0) is 83.0 Å². The summed E-state index contributed by atoms with van der Waals surface area (Å²) in [7, 11) is 0. The van der Waals surface area contributed by atoms with Crippen molar-refractivity contribution in [3.8, 4) is 0 Å². The third-order valence-electron chi connectivity index (χ3n) is 7.12. The lowest BCUT2D eigenvalue weighted by Crippen LogP contribution is -2.48. The molecule has 0 aromatic heterocycles. The van der Waals surface area contributed by atoms with Crippen molar-refractivity contribution in [2.75, 3.05) is 6.61 Å². The van der Waals surface area contributed by atoms with E-state index in [4.69, 9.17) is 4.74 Å². The Morgan fingerprint density at radius 2 is 1.73 bits per heavy atom. The van der Waals surface area contributed by atoms with Crippen LogP contribution in [0.5, 0.6) is 0 Å². The number of aliphatic hydroxyl groups is 1. The van der Waals surface area contributed by atoms with Crippen LogP contribution in [0.4, 0.5) is 0 Å². The van der Waals surface area contributed by atoms with Crippen LogP contribution in [0.3, 0.4) is 0 Å². The number of carbonyl (C=O) groups is 1. The fraction of sp³-hybridized carbons (Fsp3) is 0.947. The predicted molar refractivity (Wildman–Crippen MR) is 86.2 cm³/mol. The molecule has 6 atom stereocenters. The normalized spacial score (nSPS) is 39.6. The Hall–Kier alpha value is -0.570. The standard InChI is InChI=1S/C19H32O3/c1-5-19(4,11-20)17(21)22-18(2,3)16-10-13-6-12-7-14(8-13)15(16)9-12/h12-16,20H,5-11H2,1-4H3. The molecule has 3 aliphatic rings. The number of carbonyl (C=O) groups excluding carboxylic acids is 1. The van der Waals surface area contributed by atoms with Crippen molar-refractivity contribution in [2.45, 2.75) is 71.8 Å². The number of fused-ring (bicyclic) bond motifs is 2. The molecule has 3 rings (SSSR count). The van der Waals surface area contributed by atoms with Gasteiger partial charge in [0.2, 0.25) is 0 Å². The molecule has 0 aromatic carbocycles. The van der Waals surface area contributed by atoms with Gasteiger partial charge in [-0.3, -0.25) is 4.79 Å². The van der Waals surface area contributed by atoms with Gasteiger partial charge >= 0.3 is 5.97 Å². The first kappa shape index (κ1) is 16.3. The Morgan fingerprint density at radius 1 is 1.09 bits per heavy atom. The molecule has 0 amide bonds. The zero-order valence-corrected chi connectivity index (χ0v) is 14.6. The highest BCUT2D eigenvalue weighted by Crippen LogP contribution is 2.59. The Labute approximate surface area is 134 Å². The summed E-state index contributed by atoms with van der Waals surface area (Å²) in [6, 6.07) is 0. The van der Waals surface area contributed by atoms with Crippen molar-refractivity contribution in [1.29, 1.82) is 0 Å². The molecule has 3 aliphatic carbocycles. The Bertz CT molecular complexity index is 436. The topological polar surface area (TPSA) is 46.5 Å². The molecule has 1 N–H and O–H groups in total. The number of hydrogen-bond acceptors (Lipinski definition) is 3. The van der Waals surface area contributed by atoms with Crippen molar-refractivity contribution in [2.24, 2.45) is 35.0 Å². The van der Waals surface area contributed by atoms with Gasteiger partial charge in [0.05, 0.1) is 12.0 Å². The van der Waals surface area contributed by atoms with Gasteiger partial charge in [0.25, 0.3) is 0 Å². The number of ether oxygens (including phenoxy) is 1. The summed E-state index contributed by atoms with van der Waals surface area (Å²) >= 11 is 0. The average Bonchev–Trinajstić information content (AvgIpc) is 2.68. The van der Waals surface area contributed by atoms with E-state index >= 15 is 0 Å². The number of esters is 1. The van der Waals surface area contributed by atoms with Crippen molar-refractivity contribution < 1.29 is 14.6 Å². The fourth-order valence-electron chi connectivity index (χ4n) is 5.51. The van der Waals surface area contributed by atoms with Crippen LogP contribution in [0.1, 0.15) is 66.2 Å². The lowest BCUT2D eigenvalue weighted by Gasteiger charge is -2.46. The van der Waals surface area contributed by atoms with Gasteiger partial charge in [-0.2, -0.15) is 0 Å². The third-order valence-corrected chi connectivity index (χ3v) is 7.12. The summed E-state index contributed by atoms with van der Waals surface area (Å²) in [6.45, 7) is 7.80. The van der Waals surface area contributed by atoms with Crippen LogP contribution in [0.2, 0.25) is 0 Å². The smallest absolute Gasteiger partial charge is 0.314 e. The monoisotopic (exact) mass is 308 g/mol. The quantitative estimate of drug-likeness (QED) is 0.786. The number of aliphatic hydroxyl groups excluding tert-OH is 1. The van der Waals surface area contributed by atoms with Gasteiger partial charge in [0.15, 0.2) is 0 Å². The molecule has 3 nitrogen and oxygen atoms in total. The van der Waals surface area contributed by atoms with E-state index in [1.54, 1.807) is 0 Å². The molecular weight excluding hydrogens is 276 g/mol. The van der Waals surface area contributed by atoms with E-state index in [2.05, 4.69) is 13.8 Å². The molecule has 0 aromatic rings. The first-order valence-electron chi connectivity index (χ1n) is 9.13. The summed E-state index contributed by atoms with van der Waals surface area (Å²) < 4.78 is 6.00. The van der Waals surface area contributed by atoms with Crippen LogP contribution in [-0.4, -0.2) is 23.3 Å². The minimum Gasteiger partial charge on any atom is -0.459 e. The first-order valence-corrected chi connectivity index (χ1v) is 9.13. The maximum Gasteiger partial charge on any atom is 0.314 e. The van der Waals surface area contributed by atoms with Crippen LogP contribution in [0.15, 0.2) is 0 Å². The van der Waals surface area contributed by atoms with Gasteiger partial charge < -0.3 is 9.84 Å². The summed E-state index contributed by atoms with van der Waals surface area (Å²) in [6.07, 6.45) is 7.39. The maximum absolute atomic E-state index is 12.6. The molecule has 3 saturated carbocycles. The van der Waals surface area contributed by atoms with Gasteiger partial charge in [0, 0.05) is 5.92 Å². The minimum absolute atomic E-state index is 0.139. The van der Waals surface area contributed by atoms with Gasteiger partial charge in [-0.15, -0.1) is 0 Å². The Balaban J connectivity index is 1.74. The van der Waals surface area contributed by atoms with Crippen LogP contribution < -0.4 is 0 Å². The average molecular weight is 308 g/mol. The van der Waals surface area contributed by atoms with Gasteiger partial charge in [-0.1, -0.05) is 6.92 Å². The van der Waals surface area contributed by atoms with E-state index in [-0.39, 0.29) is 12.6 Å². The maximum atomic E-state index is 12.6. The second-order valence-corrected chi connectivity index (χ2v) is 9.01. The van der Waals surface area contributed by atoms with E-state index in [1.807, 2.05) is 13.8 Å². The number of rotatable bonds is 5. The molecule has 3 bridgehead atoms. The summed E-state index contributed by atoms with van der Waals surface area (Å²) in [4.78, 5) is 12.6. The van der Waals surface area contributed by atoms with E-state index < -0.39 is 11.0 Å². The molecular formula is C19H32O3. The minimum atomic E-state index is -0.761. The summed E-state index contributed by atoms with van der Waals surface area (Å²) in [5.74, 6) is 3.66. The Kier molecular flexibility index (Phi) is 4.08. The second kappa shape index (κ2) is 5.51. The van der Waals surface area contributed by atoms with E-state index in [1.165, 1.54) is 32.1 Å². The highest BCUT2D eigenvalue weighted by Gasteiger charge is 2.54. The van der Waals surface area contributed by atoms with E-state index in [0.717, 1.165) is 23.7 Å². The zero-order chi connectivity index (χ0) is 16.1. The lowest BCUT2D eigenvalue weighted by atomic mass is 9.63. The molecule has 6 unspecified atom stereocenters. The van der Waals surface area contributed by atoms with Crippen LogP contribution in [0, 0.1) is 35.0 Å². The molecule has 0 aliphatic heterocycles. The van der Waals surface area contributed by atoms with Crippen molar-refractivity contribution in [1.82, 2.24) is 0 Å². The third kappa shape index (κ3) is 2.60. The Morgan fingerprint density at radius 3 is 2.32 bits per heavy atom. The van der Waals surface area contributed by atoms with Crippen LogP contribution >= 0.6 is 0 Å². The predicted octanol–water partition coefficient (Wildman–Crippen LogP) is 3.79. The molecule has 0 saturated heterocycles. The molecule has 126 valence electrons. The summed E-state index contributed by atoms with van der Waals surface area (Å²) in [5.41, 5.74) is -1.17. The number of hydrogen-bond donors (Lipinski definition) is 1. The molecule has 0 spiro atoms. The zero-order valence-electron chi connectivity index (χ0n) is 14.6. The van der Waals surface area contributed by atoms with Crippen LogP contribution in [0.25, 0.3) is 0 Å². The van der Waals surface area contributed by atoms with Crippen LogP contribution in [-0.2, 0) is 9.53 Å². The molecule has 3 fully saturated rings.